The summed E-state index contributed by atoms with van der Waals surface area (Å²) in [4.78, 5) is 11.0. The maximum atomic E-state index is 11.0. The molecule has 0 spiro atoms. The average Bonchev–Trinajstić information content (AvgIpc) is 2.17. The van der Waals surface area contributed by atoms with E-state index in [1.54, 1.807) is 0 Å². The van der Waals surface area contributed by atoms with Gasteiger partial charge in [-0.25, -0.2) is 0 Å². The zero-order valence-corrected chi connectivity index (χ0v) is 8.80. The molecule has 0 amide bonds. The summed E-state index contributed by atoms with van der Waals surface area (Å²) in [7, 11) is 1.84. The number of nitrogens with one attached hydrogen (secondary N) is 1. The molecule has 0 bridgehead atoms. The van der Waals surface area contributed by atoms with Crippen LogP contribution in [0.3, 0.4) is 0 Å². The number of allylic oxidation sites excluding steroid dienone is 1. The van der Waals surface area contributed by atoms with E-state index in [0.717, 1.165) is 24.0 Å². The molecule has 1 aliphatic rings. The quantitative estimate of drug-likeness (QED) is 0.697. The first-order valence-corrected chi connectivity index (χ1v) is 4.99. The highest BCUT2D eigenvalue weighted by Crippen LogP contribution is 2.20. The Kier molecular flexibility index (Phi) is 4.23. The molecule has 0 aromatic carbocycles. The fourth-order valence-corrected chi connectivity index (χ4v) is 1.40. The van der Waals surface area contributed by atoms with Crippen LogP contribution in [0.2, 0.25) is 0 Å². The van der Waals surface area contributed by atoms with E-state index in [2.05, 4.69) is 18.3 Å². The number of carbonyl (C=O) groups is 1. The predicted molar refractivity (Wildman–Crippen MR) is 55.7 cm³/mol. The molecule has 3 heteroatoms. The van der Waals surface area contributed by atoms with E-state index in [0.29, 0.717) is 13.0 Å². The Morgan fingerprint density at radius 2 is 2.29 bits per heavy atom. The van der Waals surface area contributed by atoms with Crippen molar-refractivity contribution in [3.8, 4) is 0 Å². The first-order chi connectivity index (χ1) is 6.77. The van der Waals surface area contributed by atoms with Crippen LogP contribution in [0, 0.1) is 0 Å². The van der Waals surface area contributed by atoms with Crippen molar-refractivity contribution in [3.05, 3.63) is 23.4 Å². The molecule has 0 aromatic rings. The minimum absolute atomic E-state index is 0.139. The van der Waals surface area contributed by atoms with E-state index in [1.807, 2.05) is 13.2 Å². The van der Waals surface area contributed by atoms with Gasteiger partial charge in [-0.2, -0.15) is 0 Å². The van der Waals surface area contributed by atoms with Crippen molar-refractivity contribution in [2.75, 3.05) is 13.7 Å². The second-order valence-electron chi connectivity index (χ2n) is 3.31. The van der Waals surface area contributed by atoms with Gasteiger partial charge in [0.25, 0.3) is 0 Å². The van der Waals surface area contributed by atoms with Crippen molar-refractivity contribution in [2.24, 2.45) is 0 Å². The normalized spacial score (nSPS) is 22.6. The Labute approximate surface area is 84.8 Å². The van der Waals surface area contributed by atoms with Crippen LogP contribution in [0.25, 0.3) is 0 Å². The number of hydrogen-bond acceptors (Lipinski definition) is 3. The van der Waals surface area contributed by atoms with Gasteiger partial charge >= 0.3 is 5.97 Å². The molecule has 0 aliphatic carbocycles. The highest BCUT2D eigenvalue weighted by molar-refractivity contribution is 5.76. The van der Waals surface area contributed by atoms with Gasteiger partial charge in [-0.15, -0.1) is 0 Å². The van der Waals surface area contributed by atoms with Crippen molar-refractivity contribution < 1.29 is 9.53 Å². The summed E-state index contributed by atoms with van der Waals surface area (Å²) in [6, 6.07) is 0. The molecule has 78 valence electrons. The highest BCUT2D eigenvalue weighted by Gasteiger charge is 2.18. The fraction of sp³-hybridized carbons (Fsp3) is 0.545. The van der Waals surface area contributed by atoms with Crippen LogP contribution in [0.15, 0.2) is 23.4 Å². The van der Waals surface area contributed by atoms with E-state index in [1.165, 1.54) is 0 Å². The number of hydrogen-bond donors (Lipinski definition) is 1. The third-order valence-electron chi connectivity index (χ3n) is 2.13. The number of carbonyl (C=O) groups excluding carboxylic acids is 1. The Bertz CT molecular complexity index is 266. The monoisotopic (exact) mass is 195 g/mol. The highest BCUT2D eigenvalue weighted by atomic mass is 16.5. The first kappa shape index (κ1) is 10.8. The van der Waals surface area contributed by atoms with E-state index < -0.39 is 0 Å². The summed E-state index contributed by atoms with van der Waals surface area (Å²) < 4.78 is 4.99. The summed E-state index contributed by atoms with van der Waals surface area (Å²) in [6.07, 6.45) is 6.56. The van der Waals surface area contributed by atoms with E-state index in [4.69, 9.17) is 4.74 Å². The smallest absolute Gasteiger partial charge is 0.310 e. The van der Waals surface area contributed by atoms with Gasteiger partial charge in [0, 0.05) is 13.2 Å². The summed E-state index contributed by atoms with van der Waals surface area (Å²) >= 11 is 0. The zero-order valence-electron chi connectivity index (χ0n) is 8.80. The lowest BCUT2D eigenvalue weighted by molar-refractivity contribution is -0.143. The molecule has 0 saturated carbocycles. The summed E-state index contributed by atoms with van der Waals surface area (Å²) in [5, 5.41) is 2.95. The Morgan fingerprint density at radius 1 is 1.50 bits per heavy atom. The zero-order chi connectivity index (χ0) is 10.4. The van der Waals surface area contributed by atoms with Gasteiger partial charge < -0.3 is 10.1 Å². The van der Waals surface area contributed by atoms with Crippen LogP contribution in [0.5, 0.6) is 0 Å². The number of esters is 1. The van der Waals surface area contributed by atoms with Crippen LogP contribution in [0.1, 0.15) is 26.2 Å². The minimum atomic E-state index is -0.139. The Balaban J connectivity index is 2.72. The lowest BCUT2D eigenvalue weighted by Gasteiger charge is -2.18. The molecule has 3 nitrogen and oxygen atoms in total. The molecule has 0 radical (unpaired) electrons. The van der Waals surface area contributed by atoms with Gasteiger partial charge in [0.15, 0.2) is 0 Å². The Hall–Kier alpha value is -1.25. The van der Waals surface area contributed by atoms with Crippen LogP contribution in [-0.2, 0) is 9.53 Å². The molecule has 1 heterocycles. The summed E-state index contributed by atoms with van der Waals surface area (Å²) in [6.45, 7) is 2.56. The molecular formula is C11H17NO2. The van der Waals surface area contributed by atoms with Gasteiger partial charge in [0.1, 0.15) is 6.61 Å². The van der Waals surface area contributed by atoms with E-state index >= 15 is 0 Å². The molecule has 1 fully saturated rings. The van der Waals surface area contributed by atoms with Crippen molar-refractivity contribution >= 4 is 5.97 Å². The molecule has 0 aromatic heterocycles. The van der Waals surface area contributed by atoms with Gasteiger partial charge in [0.2, 0.25) is 0 Å². The van der Waals surface area contributed by atoms with Crippen LogP contribution < -0.4 is 5.32 Å². The third-order valence-corrected chi connectivity index (χ3v) is 2.13. The topological polar surface area (TPSA) is 38.3 Å². The van der Waals surface area contributed by atoms with Crippen molar-refractivity contribution in [1.29, 1.82) is 0 Å². The van der Waals surface area contributed by atoms with Crippen molar-refractivity contribution in [2.45, 2.75) is 26.2 Å². The van der Waals surface area contributed by atoms with E-state index in [9.17, 15) is 4.79 Å². The van der Waals surface area contributed by atoms with Crippen LogP contribution in [-0.4, -0.2) is 19.6 Å². The molecule has 0 atom stereocenters. The van der Waals surface area contributed by atoms with Gasteiger partial charge in [-0.1, -0.05) is 19.4 Å². The number of cyclic esters (lactones) is 1. The maximum Gasteiger partial charge on any atom is 0.310 e. The lowest BCUT2D eigenvalue weighted by Crippen LogP contribution is -2.18. The second kappa shape index (κ2) is 5.47. The van der Waals surface area contributed by atoms with Gasteiger partial charge in [-0.05, 0) is 17.6 Å². The molecule has 14 heavy (non-hydrogen) atoms. The van der Waals surface area contributed by atoms with Crippen LogP contribution >= 0.6 is 0 Å². The Morgan fingerprint density at radius 3 is 2.93 bits per heavy atom. The predicted octanol–water partition coefficient (Wildman–Crippen LogP) is 1.76. The molecule has 0 unspecified atom stereocenters. The molecule has 1 N–H and O–H groups in total. The standard InChI is InChI=1S/C11H17NO2/c1-3-4-5-9-8-14-11(13)6-10(9)7-12-2/h5,7,12H,3-4,6,8H2,1-2H3/b9-5-,10-7-. The second-order valence-corrected chi connectivity index (χ2v) is 3.31. The minimum Gasteiger partial charge on any atom is -0.461 e. The SMILES string of the molecule is CCC/C=C1/COC(=O)C/C1=C/NC. The molecule has 1 aliphatic heterocycles. The van der Waals surface area contributed by atoms with E-state index in [-0.39, 0.29) is 5.97 Å². The fourth-order valence-electron chi connectivity index (χ4n) is 1.40. The molecule has 1 rings (SSSR count). The first-order valence-electron chi connectivity index (χ1n) is 4.99. The lowest BCUT2D eigenvalue weighted by atomic mass is 10.0. The molecule has 1 saturated heterocycles. The number of unbranched alkanes of at least 4 members (excludes halogenated alkanes) is 1. The summed E-state index contributed by atoms with van der Waals surface area (Å²) in [5.41, 5.74) is 2.19. The third kappa shape index (κ3) is 2.91. The van der Waals surface area contributed by atoms with Crippen LogP contribution in [0.4, 0.5) is 0 Å². The van der Waals surface area contributed by atoms with Crippen molar-refractivity contribution in [1.82, 2.24) is 5.32 Å². The average molecular weight is 195 g/mol. The van der Waals surface area contributed by atoms with Gasteiger partial charge in [-0.3, -0.25) is 4.79 Å². The van der Waals surface area contributed by atoms with Gasteiger partial charge in [0.05, 0.1) is 6.42 Å². The maximum absolute atomic E-state index is 11.0. The number of rotatable bonds is 3. The summed E-state index contributed by atoms with van der Waals surface area (Å²) in [5.74, 6) is -0.139. The largest absolute Gasteiger partial charge is 0.461 e. The number of ether oxygens (including phenoxy) is 1. The van der Waals surface area contributed by atoms with Crippen molar-refractivity contribution in [3.63, 3.8) is 0 Å². The molecular weight excluding hydrogens is 178 g/mol.